The van der Waals surface area contributed by atoms with Crippen LogP contribution in [0.25, 0.3) is 0 Å². The highest BCUT2D eigenvalue weighted by Gasteiger charge is 2.33. The predicted octanol–water partition coefficient (Wildman–Crippen LogP) is 3.79. The molecule has 108 valence electrons. The molecule has 3 rings (SSSR count). The van der Waals surface area contributed by atoms with Crippen LogP contribution in [0.3, 0.4) is 0 Å². The number of para-hydroxylation sites is 1. The Hall–Kier alpha value is -1.51. The van der Waals surface area contributed by atoms with Gasteiger partial charge in [0, 0.05) is 24.2 Å². The maximum Gasteiger partial charge on any atom is 0.304 e. The molecule has 0 aromatic heterocycles. The normalized spacial score (nSPS) is 23.4. The second-order valence-electron chi connectivity index (χ2n) is 6.15. The first-order chi connectivity index (χ1) is 9.75. The first-order valence-electron chi connectivity index (χ1n) is 7.83. The summed E-state index contributed by atoms with van der Waals surface area (Å²) in [7, 11) is 0. The summed E-state index contributed by atoms with van der Waals surface area (Å²) < 4.78 is 0. The molecule has 1 aliphatic carbocycles. The van der Waals surface area contributed by atoms with Gasteiger partial charge in [0.2, 0.25) is 0 Å². The lowest BCUT2D eigenvalue weighted by Crippen LogP contribution is -2.34. The van der Waals surface area contributed by atoms with Crippen LogP contribution in [0.2, 0.25) is 0 Å². The molecule has 1 aromatic carbocycles. The molecule has 1 atom stereocenters. The number of anilines is 1. The van der Waals surface area contributed by atoms with Crippen LogP contribution in [-0.2, 0) is 4.79 Å². The fourth-order valence-corrected chi connectivity index (χ4v) is 3.83. The lowest BCUT2D eigenvalue weighted by atomic mass is 9.98. The summed E-state index contributed by atoms with van der Waals surface area (Å²) >= 11 is 0. The van der Waals surface area contributed by atoms with Crippen molar-refractivity contribution < 1.29 is 9.90 Å². The largest absolute Gasteiger partial charge is 0.481 e. The summed E-state index contributed by atoms with van der Waals surface area (Å²) in [5.41, 5.74) is 2.52. The third-order valence-electron chi connectivity index (χ3n) is 4.79. The van der Waals surface area contributed by atoms with Gasteiger partial charge in [-0.2, -0.15) is 0 Å². The second-order valence-corrected chi connectivity index (χ2v) is 6.15. The summed E-state index contributed by atoms with van der Waals surface area (Å²) in [5.74, 6) is -0.528. The molecule has 1 aromatic rings. The van der Waals surface area contributed by atoms with Crippen molar-refractivity contribution in [2.75, 3.05) is 11.4 Å². The molecule has 1 unspecified atom stereocenters. The fraction of sp³-hybridized carbons (Fsp3) is 0.588. The Labute approximate surface area is 120 Å². The molecule has 0 bridgehead atoms. The predicted molar refractivity (Wildman–Crippen MR) is 80.3 cm³/mol. The van der Waals surface area contributed by atoms with Crippen molar-refractivity contribution in [3.8, 4) is 0 Å². The minimum Gasteiger partial charge on any atom is -0.481 e. The van der Waals surface area contributed by atoms with Gasteiger partial charge in [0.1, 0.15) is 0 Å². The van der Waals surface area contributed by atoms with Gasteiger partial charge < -0.3 is 10.0 Å². The average molecular weight is 273 g/mol. The molecule has 1 fully saturated rings. The SMILES string of the molecule is O=C(O)CC1CN(C2CCCCCC2)c2ccccc21. The Kier molecular flexibility index (Phi) is 3.95. The Morgan fingerprint density at radius 2 is 1.85 bits per heavy atom. The summed E-state index contributed by atoms with van der Waals surface area (Å²) in [6, 6.07) is 9.00. The molecule has 0 saturated heterocycles. The van der Waals surface area contributed by atoms with Crippen LogP contribution in [0.1, 0.15) is 56.4 Å². The average Bonchev–Trinajstić information content (AvgIpc) is 2.64. The van der Waals surface area contributed by atoms with E-state index in [2.05, 4.69) is 23.1 Å². The van der Waals surface area contributed by atoms with E-state index in [0.717, 1.165) is 6.54 Å². The molecular weight excluding hydrogens is 250 g/mol. The molecule has 3 heteroatoms. The van der Waals surface area contributed by atoms with E-state index >= 15 is 0 Å². The molecule has 1 N–H and O–H groups in total. The maximum atomic E-state index is 11.1. The number of aliphatic carboxylic acids is 1. The number of benzene rings is 1. The number of hydrogen-bond acceptors (Lipinski definition) is 2. The number of rotatable bonds is 3. The van der Waals surface area contributed by atoms with E-state index in [1.54, 1.807) is 0 Å². The highest BCUT2D eigenvalue weighted by Crippen LogP contribution is 2.41. The number of carboxylic acid groups (broad SMARTS) is 1. The van der Waals surface area contributed by atoms with Gasteiger partial charge in [-0.25, -0.2) is 0 Å². The minimum absolute atomic E-state index is 0.159. The molecule has 20 heavy (non-hydrogen) atoms. The molecule has 0 radical (unpaired) electrons. The van der Waals surface area contributed by atoms with Crippen LogP contribution in [-0.4, -0.2) is 23.7 Å². The molecule has 2 aliphatic rings. The third-order valence-corrected chi connectivity index (χ3v) is 4.79. The quantitative estimate of drug-likeness (QED) is 0.852. The Balaban J connectivity index is 1.84. The van der Waals surface area contributed by atoms with Gasteiger partial charge >= 0.3 is 5.97 Å². The molecule has 0 amide bonds. The van der Waals surface area contributed by atoms with E-state index in [4.69, 9.17) is 5.11 Å². The van der Waals surface area contributed by atoms with Crippen molar-refractivity contribution in [3.05, 3.63) is 29.8 Å². The van der Waals surface area contributed by atoms with Crippen LogP contribution in [0.5, 0.6) is 0 Å². The molecule has 1 heterocycles. The lowest BCUT2D eigenvalue weighted by molar-refractivity contribution is -0.137. The third kappa shape index (κ3) is 2.67. The number of carbonyl (C=O) groups is 1. The van der Waals surface area contributed by atoms with Crippen molar-refractivity contribution in [2.45, 2.75) is 56.9 Å². The molecule has 1 aliphatic heterocycles. The van der Waals surface area contributed by atoms with Crippen molar-refractivity contribution in [1.29, 1.82) is 0 Å². The highest BCUT2D eigenvalue weighted by atomic mass is 16.4. The van der Waals surface area contributed by atoms with Crippen molar-refractivity contribution in [2.24, 2.45) is 0 Å². The van der Waals surface area contributed by atoms with E-state index in [9.17, 15) is 4.79 Å². The van der Waals surface area contributed by atoms with E-state index in [1.165, 1.54) is 49.8 Å². The van der Waals surface area contributed by atoms with Crippen LogP contribution in [0.4, 0.5) is 5.69 Å². The van der Waals surface area contributed by atoms with Gasteiger partial charge in [-0.15, -0.1) is 0 Å². The van der Waals surface area contributed by atoms with Crippen LogP contribution in [0, 0.1) is 0 Å². The van der Waals surface area contributed by atoms with Crippen molar-refractivity contribution in [3.63, 3.8) is 0 Å². The zero-order valence-electron chi connectivity index (χ0n) is 11.9. The topological polar surface area (TPSA) is 40.5 Å². The fourth-order valence-electron chi connectivity index (χ4n) is 3.83. The zero-order chi connectivity index (χ0) is 13.9. The highest BCUT2D eigenvalue weighted by molar-refractivity contribution is 5.71. The number of carboxylic acids is 1. The van der Waals surface area contributed by atoms with Crippen molar-refractivity contribution >= 4 is 11.7 Å². The van der Waals surface area contributed by atoms with Gasteiger partial charge in [-0.3, -0.25) is 4.79 Å². The first-order valence-corrected chi connectivity index (χ1v) is 7.83. The minimum atomic E-state index is -0.687. The smallest absolute Gasteiger partial charge is 0.304 e. The Morgan fingerprint density at radius 3 is 2.55 bits per heavy atom. The number of nitrogens with zero attached hydrogens (tertiary/aromatic N) is 1. The summed E-state index contributed by atoms with van der Waals surface area (Å²) in [4.78, 5) is 13.6. The Bertz CT molecular complexity index is 478. The van der Waals surface area contributed by atoms with E-state index in [1.807, 2.05) is 6.07 Å². The molecule has 1 saturated carbocycles. The first kappa shape index (κ1) is 13.5. The number of hydrogen-bond donors (Lipinski definition) is 1. The van der Waals surface area contributed by atoms with Crippen LogP contribution >= 0.6 is 0 Å². The Morgan fingerprint density at radius 1 is 1.15 bits per heavy atom. The van der Waals surface area contributed by atoms with Crippen LogP contribution in [0.15, 0.2) is 24.3 Å². The lowest BCUT2D eigenvalue weighted by Gasteiger charge is -2.30. The number of fused-ring (bicyclic) bond motifs is 1. The standard InChI is InChI=1S/C17H23NO2/c19-17(20)11-13-12-18(14-7-3-1-2-4-8-14)16-10-6-5-9-15(13)16/h5-6,9-10,13-14H,1-4,7-8,11-12H2,(H,19,20). The maximum absolute atomic E-state index is 11.1. The summed E-state index contributed by atoms with van der Waals surface area (Å²) in [6.07, 6.45) is 8.09. The zero-order valence-corrected chi connectivity index (χ0v) is 11.9. The van der Waals surface area contributed by atoms with E-state index < -0.39 is 5.97 Å². The molecule has 3 nitrogen and oxygen atoms in total. The van der Waals surface area contributed by atoms with Gasteiger partial charge in [0.25, 0.3) is 0 Å². The molecular formula is C17H23NO2. The second kappa shape index (κ2) is 5.86. The van der Waals surface area contributed by atoms with Gasteiger partial charge in [-0.05, 0) is 24.5 Å². The van der Waals surface area contributed by atoms with Crippen molar-refractivity contribution in [1.82, 2.24) is 0 Å². The van der Waals surface area contributed by atoms with Crippen LogP contribution < -0.4 is 4.90 Å². The molecule has 0 spiro atoms. The van der Waals surface area contributed by atoms with E-state index in [0.29, 0.717) is 6.04 Å². The summed E-state index contributed by atoms with van der Waals surface area (Å²) in [6.45, 7) is 0.885. The van der Waals surface area contributed by atoms with Gasteiger partial charge in [0.15, 0.2) is 0 Å². The summed E-state index contributed by atoms with van der Waals surface area (Å²) in [5, 5.41) is 9.12. The monoisotopic (exact) mass is 273 g/mol. The van der Waals surface area contributed by atoms with Gasteiger partial charge in [-0.1, -0.05) is 43.9 Å². The van der Waals surface area contributed by atoms with Gasteiger partial charge in [0.05, 0.1) is 6.42 Å². The van der Waals surface area contributed by atoms with E-state index in [-0.39, 0.29) is 12.3 Å².